The maximum Gasteiger partial charge on any atom is 0.252 e. The van der Waals surface area contributed by atoms with Crippen LogP contribution >= 0.6 is 0 Å². The molecule has 4 rings (SSSR count). The summed E-state index contributed by atoms with van der Waals surface area (Å²) in [4.78, 5) is 25.1. The summed E-state index contributed by atoms with van der Waals surface area (Å²) in [5.41, 5.74) is 7.80. The number of benzene rings is 1. The molecule has 1 aliphatic heterocycles. The molecule has 0 bridgehead atoms. The molecule has 1 fully saturated rings. The average molecular weight is 457 g/mol. The van der Waals surface area contributed by atoms with Gasteiger partial charge >= 0.3 is 0 Å². The first-order chi connectivity index (χ1) is 15.9. The Labute approximate surface area is 189 Å². The molecule has 6 N–H and O–H groups in total. The van der Waals surface area contributed by atoms with Crippen molar-refractivity contribution in [2.75, 3.05) is 31.2 Å². The van der Waals surface area contributed by atoms with Gasteiger partial charge in [-0.1, -0.05) is 12.1 Å². The van der Waals surface area contributed by atoms with Gasteiger partial charge in [-0.25, -0.2) is 4.98 Å². The number of methoxy groups -OCH3 is 1. The van der Waals surface area contributed by atoms with E-state index in [4.69, 9.17) is 15.2 Å². The van der Waals surface area contributed by atoms with Crippen LogP contribution in [0.2, 0.25) is 0 Å². The lowest BCUT2D eigenvalue weighted by molar-refractivity contribution is -0.137. The fraction of sp³-hybridized carbons (Fsp3) is 0.429. The SMILES string of the molecule is CCNC(=O)[C@H]1O[C@@H](n2cnc3c(N)nc(NCCc4ccc(OC)cc4)nc32)[C@H](O)[C@@H]1O. The van der Waals surface area contributed by atoms with Gasteiger partial charge in [-0.3, -0.25) is 9.36 Å². The zero-order valence-electron chi connectivity index (χ0n) is 18.3. The lowest BCUT2D eigenvalue weighted by Gasteiger charge is -2.16. The summed E-state index contributed by atoms with van der Waals surface area (Å²) >= 11 is 0. The number of hydrogen-bond acceptors (Lipinski definition) is 10. The molecule has 176 valence electrons. The van der Waals surface area contributed by atoms with E-state index in [1.54, 1.807) is 14.0 Å². The number of aliphatic hydroxyl groups excluding tert-OH is 2. The first-order valence-corrected chi connectivity index (χ1v) is 10.6. The smallest absolute Gasteiger partial charge is 0.252 e. The lowest BCUT2D eigenvalue weighted by atomic mass is 10.1. The fourth-order valence-corrected chi connectivity index (χ4v) is 3.70. The third kappa shape index (κ3) is 4.53. The molecule has 1 aromatic carbocycles. The molecule has 1 aliphatic rings. The van der Waals surface area contributed by atoms with Crippen LogP contribution in [-0.4, -0.2) is 74.2 Å². The summed E-state index contributed by atoms with van der Waals surface area (Å²) < 4.78 is 12.3. The van der Waals surface area contributed by atoms with Gasteiger partial charge in [0.15, 0.2) is 23.8 Å². The van der Waals surface area contributed by atoms with Crippen LogP contribution in [0.5, 0.6) is 5.75 Å². The van der Waals surface area contributed by atoms with Gasteiger partial charge in [-0.15, -0.1) is 0 Å². The monoisotopic (exact) mass is 457 g/mol. The lowest BCUT2D eigenvalue weighted by Crippen LogP contribution is -2.42. The van der Waals surface area contributed by atoms with Crippen molar-refractivity contribution >= 4 is 28.8 Å². The molecule has 2 aromatic heterocycles. The number of aliphatic hydroxyl groups is 2. The number of anilines is 2. The Morgan fingerprint density at radius 2 is 2.00 bits per heavy atom. The Balaban J connectivity index is 1.51. The Bertz CT molecular complexity index is 1120. The van der Waals surface area contributed by atoms with Crippen molar-refractivity contribution in [1.29, 1.82) is 0 Å². The molecule has 0 unspecified atom stereocenters. The van der Waals surface area contributed by atoms with Crippen molar-refractivity contribution in [2.24, 2.45) is 0 Å². The van der Waals surface area contributed by atoms with E-state index in [0.717, 1.165) is 17.7 Å². The van der Waals surface area contributed by atoms with E-state index in [1.807, 2.05) is 24.3 Å². The number of hydrogen-bond donors (Lipinski definition) is 5. The molecule has 1 amide bonds. The van der Waals surface area contributed by atoms with E-state index in [2.05, 4.69) is 25.6 Å². The summed E-state index contributed by atoms with van der Waals surface area (Å²) in [6, 6.07) is 7.74. The van der Waals surface area contributed by atoms with E-state index in [0.29, 0.717) is 24.3 Å². The van der Waals surface area contributed by atoms with Crippen LogP contribution in [0, 0.1) is 0 Å². The Morgan fingerprint density at radius 1 is 1.24 bits per heavy atom. The third-order valence-electron chi connectivity index (χ3n) is 5.43. The quantitative estimate of drug-likeness (QED) is 0.306. The normalized spacial score (nSPS) is 22.4. The highest BCUT2D eigenvalue weighted by Gasteiger charge is 2.47. The summed E-state index contributed by atoms with van der Waals surface area (Å²) in [5, 5.41) is 26.5. The molecule has 12 nitrogen and oxygen atoms in total. The third-order valence-corrected chi connectivity index (χ3v) is 5.43. The molecule has 3 heterocycles. The van der Waals surface area contributed by atoms with E-state index in [-0.39, 0.29) is 11.8 Å². The number of nitrogens with one attached hydrogen (secondary N) is 2. The van der Waals surface area contributed by atoms with Gasteiger partial charge in [0, 0.05) is 13.1 Å². The second kappa shape index (κ2) is 9.57. The van der Waals surface area contributed by atoms with Crippen LogP contribution in [0.3, 0.4) is 0 Å². The van der Waals surface area contributed by atoms with Crippen molar-refractivity contribution in [3.05, 3.63) is 36.2 Å². The predicted octanol–water partition coefficient (Wildman–Crippen LogP) is -0.173. The van der Waals surface area contributed by atoms with E-state index >= 15 is 0 Å². The summed E-state index contributed by atoms with van der Waals surface area (Å²) in [6.07, 6.45) is -2.95. The topological polar surface area (TPSA) is 170 Å². The molecule has 0 radical (unpaired) electrons. The predicted molar refractivity (Wildman–Crippen MR) is 120 cm³/mol. The summed E-state index contributed by atoms with van der Waals surface area (Å²) in [7, 11) is 1.62. The number of rotatable bonds is 8. The van der Waals surface area contributed by atoms with Crippen LogP contribution in [0.4, 0.5) is 11.8 Å². The fourth-order valence-electron chi connectivity index (χ4n) is 3.70. The minimum absolute atomic E-state index is 0.152. The van der Waals surface area contributed by atoms with Crippen LogP contribution in [-0.2, 0) is 16.0 Å². The van der Waals surface area contributed by atoms with Crippen molar-refractivity contribution in [2.45, 2.75) is 37.9 Å². The van der Waals surface area contributed by atoms with Crippen molar-refractivity contribution < 1.29 is 24.5 Å². The standard InChI is InChI=1S/C21H27N7O5/c1-3-23-19(31)16-14(29)15(30)20(33-16)28-10-25-13-17(22)26-21(27-18(13)28)24-9-8-11-4-6-12(32-2)7-5-11/h4-7,10,14-16,20,29-30H,3,8-9H2,1-2H3,(H,23,31)(H3,22,24,26,27)/t14-,15+,16-,20+/m0/s1. The number of carbonyl (C=O) groups excluding carboxylic acids is 1. The van der Waals surface area contributed by atoms with Gasteiger partial charge in [0.25, 0.3) is 5.91 Å². The van der Waals surface area contributed by atoms with Crippen LogP contribution in [0.1, 0.15) is 18.7 Å². The number of imidazole rings is 1. The highest BCUT2D eigenvalue weighted by atomic mass is 16.6. The van der Waals surface area contributed by atoms with Crippen LogP contribution < -0.4 is 21.1 Å². The van der Waals surface area contributed by atoms with Gasteiger partial charge in [0.05, 0.1) is 13.4 Å². The maximum atomic E-state index is 12.2. The van der Waals surface area contributed by atoms with Crippen molar-refractivity contribution in [3.63, 3.8) is 0 Å². The number of likely N-dealkylation sites (N-methyl/N-ethyl adjacent to an activating group) is 1. The van der Waals surface area contributed by atoms with Gasteiger partial charge in [0.2, 0.25) is 5.95 Å². The molecule has 3 aromatic rings. The molecular weight excluding hydrogens is 430 g/mol. The highest BCUT2D eigenvalue weighted by molar-refractivity contribution is 5.83. The molecule has 4 atom stereocenters. The van der Waals surface area contributed by atoms with Crippen molar-refractivity contribution in [1.82, 2.24) is 24.8 Å². The molecule has 1 saturated heterocycles. The highest BCUT2D eigenvalue weighted by Crippen LogP contribution is 2.32. The van der Waals surface area contributed by atoms with Gasteiger partial charge in [0.1, 0.15) is 23.5 Å². The molecule has 0 spiro atoms. The van der Waals surface area contributed by atoms with E-state index in [9.17, 15) is 15.0 Å². The average Bonchev–Trinajstić information content (AvgIpc) is 3.36. The van der Waals surface area contributed by atoms with Gasteiger partial charge in [-0.05, 0) is 31.0 Å². The minimum Gasteiger partial charge on any atom is -0.497 e. The van der Waals surface area contributed by atoms with E-state index < -0.39 is 30.4 Å². The zero-order valence-corrected chi connectivity index (χ0v) is 18.3. The summed E-state index contributed by atoms with van der Waals surface area (Å²) in [5.74, 6) is 0.714. The minimum atomic E-state index is -1.40. The zero-order chi connectivity index (χ0) is 23.5. The molecule has 12 heteroatoms. The number of nitrogen functional groups attached to an aromatic ring is 1. The first kappa shape index (κ1) is 22.7. The van der Waals surface area contributed by atoms with Gasteiger partial charge in [-0.2, -0.15) is 9.97 Å². The number of amides is 1. The summed E-state index contributed by atoms with van der Waals surface area (Å²) in [6.45, 7) is 2.67. The number of nitrogens with two attached hydrogens (primary N) is 1. The maximum absolute atomic E-state index is 12.2. The number of aromatic nitrogens is 4. The molecule has 0 saturated carbocycles. The van der Waals surface area contributed by atoms with Gasteiger partial charge < -0.3 is 36.1 Å². The number of ether oxygens (including phenoxy) is 2. The second-order valence-electron chi connectivity index (χ2n) is 7.60. The second-order valence-corrected chi connectivity index (χ2v) is 7.60. The Kier molecular flexibility index (Phi) is 6.58. The first-order valence-electron chi connectivity index (χ1n) is 10.6. The number of fused-ring (bicyclic) bond motifs is 1. The number of nitrogens with zero attached hydrogens (tertiary/aromatic N) is 4. The van der Waals surface area contributed by atoms with Crippen LogP contribution in [0.15, 0.2) is 30.6 Å². The molecular formula is C21H27N7O5. The molecule has 0 aliphatic carbocycles. The molecule has 33 heavy (non-hydrogen) atoms. The van der Waals surface area contributed by atoms with Crippen LogP contribution in [0.25, 0.3) is 11.2 Å². The van der Waals surface area contributed by atoms with E-state index in [1.165, 1.54) is 10.9 Å². The Morgan fingerprint density at radius 3 is 2.70 bits per heavy atom. The Hall–Kier alpha value is -3.48. The largest absolute Gasteiger partial charge is 0.497 e. The number of carbonyl (C=O) groups is 1. The van der Waals surface area contributed by atoms with Crippen molar-refractivity contribution in [3.8, 4) is 5.75 Å².